The predicted octanol–water partition coefficient (Wildman–Crippen LogP) is 1.18. The zero-order valence-electron chi connectivity index (χ0n) is 11.5. The Labute approximate surface area is 121 Å². The second kappa shape index (κ2) is 5.97. The molecule has 1 fully saturated rings. The largest absolute Gasteiger partial charge is 0.452 e. The highest BCUT2D eigenvalue weighted by atomic mass is 16.5. The molecule has 21 heavy (non-hydrogen) atoms. The first-order valence-corrected chi connectivity index (χ1v) is 6.84. The molecule has 1 N–H and O–H groups in total. The summed E-state index contributed by atoms with van der Waals surface area (Å²) in [6.45, 7) is 1.91. The second-order valence-electron chi connectivity index (χ2n) is 4.82. The number of aromatic amines is 1. The fraction of sp³-hybridized carbons (Fsp3) is 0.333. The normalized spacial score (nSPS) is 15.1. The van der Waals surface area contributed by atoms with Crippen LogP contribution in [0.2, 0.25) is 0 Å². The van der Waals surface area contributed by atoms with E-state index < -0.39 is 5.97 Å². The zero-order chi connectivity index (χ0) is 14.7. The molecule has 0 radical (unpaired) electrons. The monoisotopic (exact) mass is 288 g/mol. The van der Waals surface area contributed by atoms with Crippen molar-refractivity contribution >= 4 is 22.8 Å². The molecule has 3 rings (SSSR count). The maximum atomic E-state index is 12.1. The van der Waals surface area contributed by atoms with Gasteiger partial charge in [0, 0.05) is 30.2 Å². The molecule has 0 atom stereocenters. The van der Waals surface area contributed by atoms with E-state index >= 15 is 0 Å². The van der Waals surface area contributed by atoms with Gasteiger partial charge in [0.05, 0.1) is 18.8 Å². The van der Waals surface area contributed by atoms with Crippen LogP contribution < -0.4 is 0 Å². The fourth-order valence-electron chi connectivity index (χ4n) is 2.35. The number of benzene rings is 1. The fourth-order valence-corrected chi connectivity index (χ4v) is 2.35. The number of ether oxygens (including phenoxy) is 2. The van der Waals surface area contributed by atoms with Crippen LogP contribution in [0.15, 0.2) is 30.5 Å². The Hall–Kier alpha value is -2.34. The molecular formula is C15H16N2O4. The Morgan fingerprint density at radius 3 is 2.81 bits per heavy atom. The van der Waals surface area contributed by atoms with Crippen molar-refractivity contribution < 1.29 is 19.1 Å². The van der Waals surface area contributed by atoms with Gasteiger partial charge in [0.2, 0.25) is 0 Å². The zero-order valence-corrected chi connectivity index (χ0v) is 11.5. The van der Waals surface area contributed by atoms with E-state index in [0.717, 1.165) is 10.9 Å². The van der Waals surface area contributed by atoms with Crippen molar-refractivity contribution in [3.8, 4) is 0 Å². The lowest BCUT2D eigenvalue weighted by Gasteiger charge is -2.26. The second-order valence-corrected chi connectivity index (χ2v) is 4.82. The maximum Gasteiger partial charge on any atom is 0.340 e. The van der Waals surface area contributed by atoms with E-state index in [1.807, 2.05) is 24.3 Å². The van der Waals surface area contributed by atoms with E-state index in [0.29, 0.717) is 31.9 Å². The van der Waals surface area contributed by atoms with E-state index in [1.165, 1.54) is 0 Å². The van der Waals surface area contributed by atoms with E-state index in [9.17, 15) is 9.59 Å². The van der Waals surface area contributed by atoms with Gasteiger partial charge < -0.3 is 19.4 Å². The Morgan fingerprint density at radius 2 is 2.00 bits per heavy atom. The number of amides is 1. The molecule has 2 heterocycles. The lowest BCUT2D eigenvalue weighted by atomic mass is 10.2. The van der Waals surface area contributed by atoms with Gasteiger partial charge in [-0.1, -0.05) is 18.2 Å². The number of fused-ring (bicyclic) bond motifs is 1. The number of hydrogen-bond acceptors (Lipinski definition) is 4. The number of nitrogens with zero attached hydrogens (tertiary/aromatic N) is 1. The van der Waals surface area contributed by atoms with Crippen LogP contribution in [0.25, 0.3) is 10.9 Å². The SMILES string of the molecule is O=C(OCC(=O)N1CCOCC1)c1c[nH]c2ccccc12. The smallest absolute Gasteiger partial charge is 0.340 e. The van der Waals surface area contributed by atoms with Crippen molar-refractivity contribution in [2.24, 2.45) is 0 Å². The predicted molar refractivity (Wildman–Crippen MR) is 76.0 cm³/mol. The number of carbonyl (C=O) groups is 2. The Balaban J connectivity index is 1.62. The molecule has 1 amide bonds. The van der Waals surface area contributed by atoms with Gasteiger partial charge in [-0.15, -0.1) is 0 Å². The highest BCUT2D eigenvalue weighted by molar-refractivity contribution is 6.04. The van der Waals surface area contributed by atoms with Crippen LogP contribution in [0, 0.1) is 0 Å². The summed E-state index contributed by atoms with van der Waals surface area (Å²) < 4.78 is 10.3. The van der Waals surface area contributed by atoms with Gasteiger partial charge in [0.1, 0.15) is 0 Å². The molecule has 0 bridgehead atoms. The average molecular weight is 288 g/mol. The van der Waals surface area contributed by atoms with Gasteiger partial charge in [0.15, 0.2) is 6.61 Å². The minimum Gasteiger partial charge on any atom is -0.452 e. The lowest BCUT2D eigenvalue weighted by Crippen LogP contribution is -2.42. The highest BCUT2D eigenvalue weighted by Gasteiger charge is 2.19. The number of nitrogens with one attached hydrogen (secondary N) is 1. The molecule has 1 aliphatic heterocycles. The number of carbonyl (C=O) groups excluding carboxylic acids is 2. The van der Waals surface area contributed by atoms with Crippen molar-refractivity contribution in [1.29, 1.82) is 0 Å². The van der Waals surface area contributed by atoms with Crippen LogP contribution in [0.1, 0.15) is 10.4 Å². The quantitative estimate of drug-likeness (QED) is 0.861. The Bertz CT molecular complexity index is 658. The topological polar surface area (TPSA) is 71.6 Å². The first-order valence-electron chi connectivity index (χ1n) is 6.84. The third kappa shape index (κ3) is 2.90. The molecule has 6 nitrogen and oxygen atoms in total. The van der Waals surface area contributed by atoms with Crippen LogP contribution in [-0.2, 0) is 14.3 Å². The first-order chi connectivity index (χ1) is 10.3. The molecular weight excluding hydrogens is 272 g/mol. The molecule has 0 saturated carbocycles. The summed E-state index contributed by atoms with van der Waals surface area (Å²) in [5.41, 5.74) is 1.31. The van der Waals surface area contributed by atoms with Gasteiger partial charge in [-0.2, -0.15) is 0 Å². The molecule has 1 aromatic heterocycles. The summed E-state index contributed by atoms with van der Waals surface area (Å²) in [6, 6.07) is 7.46. The van der Waals surface area contributed by atoms with Gasteiger partial charge in [-0.05, 0) is 6.07 Å². The van der Waals surface area contributed by atoms with Crippen LogP contribution in [-0.4, -0.2) is 54.7 Å². The van der Waals surface area contributed by atoms with E-state index in [4.69, 9.17) is 9.47 Å². The minimum atomic E-state index is -0.492. The summed E-state index contributed by atoms with van der Waals surface area (Å²) in [5.74, 6) is -0.680. The number of aromatic nitrogens is 1. The number of para-hydroxylation sites is 1. The molecule has 1 saturated heterocycles. The average Bonchev–Trinajstić information content (AvgIpc) is 2.97. The summed E-state index contributed by atoms with van der Waals surface area (Å²) in [6.07, 6.45) is 1.60. The number of esters is 1. The minimum absolute atomic E-state index is 0.188. The van der Waals surface area contributed by atoms with Crippen molar-refractivity contribution in [3.63, 3.8) is 0 Å². The summed E-state index contributed by atoms with van der Waals surface area (Å²) in [4.78, 5) is 28.6. The van der Waals surface area contributed by atoms with Gasteiger partial charge in [-0.25, -0.2) is 4.79 Å². The number of morpholine rings is 1. The standard InChI is InChI=1S/C15H16N2O4/c18-14(17-5-7-20-8-6-17)10-21-15(19)12-9-16-13-4-2-1-3-11(12)13/h1-4,9,16H,5-8,10H2. The Kier molecular flexibility index (Phi) is 3.87. The van der Waals surface area contributed by atoms with Crippen molar-refractivity contribution in [2.75, 3.05) is 32.9 Å². The lowest BCUT2D eigenvalue weighted by molar-refractivity contribution is -0.138. The third-order valence-electron chi connectivity index (χ3n) is 3.50. The van der Waals surface area contributed by atoms with Gasteiger partial charge >= 0.3 is 5.97 Å². The van der Waals surface area contributed by atoms with Crippen molar-refractivity contribution in [2.45, 2.75) is 0 Å². The summed E-state index contributed by atoms with van der Waals surface area (Å²) >= 11 is 0. The van der Waals surface area contributed by atoms with Crippen LogP contribution in [0.4, 0.5) is 0 Å². The molecule has 110 valence electrons. The van der Waals surface area contributed by atoms with E-state index in [2.05, 4.69) is 4.98 Å². The van der Waals surface area contributed by atoms with Crippen LogP contribution in [0.5, 0.6) is 0 Å². The van der Waals surface area contributed by atoms with Gasteiger partial charge in [0.25, 0.3) is 5.91 Å². The molecule has 1 aromatic carbocycles. The molecule has 2 aromatic rings. The maximum absolute atomic E-state index is 12.1. The van der Waals surface area contributed by atoms with Crippen LogP contribution in [0.3, 0.4) is 0 Å². The number of H-pyrrole nitrogens is 1. The third-order valence-corrected chi connectivity index (χ3v) is 3.50. The van der Waals surface area contributed by atoms with Crippen molar-refractivity contribution in [1.82, 2.24) is 9.88 Å². The number of rotatable bonds is 3. The molecule has 1 aliphatic rings. The summed E-state index contributed by atoms with van der Waals surface area (Å²) in [7, 11) is 0. The van der Waals surface area contributed by atoms with Crippen molar-refractivity contribution in [3.05, 3.63) is 36.0 Å². The molecule has 0 unspecified atom stereocenters. The molecule has 0 aliphatic carbocycles. The molecule has 0 spiro atoms. The number of hydrogen-bond donors (Lipinski definition) is 1. The molecule has 6 heteroatoms. The van der Waals surface area contributed by atoms with Crippen LogP contribution >= 0.6 is 0 Å². The van der Waals surface area contributed by atoms with E-state index in [-0.39, 0.29) is 12.5 Å². The van der Waals surface area contributed by atoms with E-state index in [1.54, 1.807) is 11.1 Å². The Morgan fingerprint density at radius 1 is 1.24 bits per heavy atom. The first kappa shape index (κ1) is 13.6. The summed E-state index contributed by atoms with van der Waals surface area (Å²) in [5, 5.41) is 0.793. The van der Waals surface area contributed by atoms with Gasteiger partial charge in [-0.3, -0.25) is 4.79 Å². The highest BCUT2D eigenvalue weighted by Crippen LogP contribution is 2.18.